The summed E-state index contributed by atoms with van der Waals surface area (Å²) < 4.78 is 5.34. The Morgan fingerprint density at radius 2 is 2.26 bits per heavy atom. The number of aromatic nitrogens is 2. The Labute approximate surface area is 139 Å². The Kier molecular flexibility index (Phi) is 4.62. The van der Waals surface area contributed by atoms with Crippen molar-refractivity contribution in [2.24, 2.45) is 0 Å². The van der Waals surface area contributed by atoms with Crippen LogP contribution in [0.1, 0.15) is 13.3 Å². The van der Waals surface area contributed by atoms with Gasteiger partial charge in [-0.3, -0.25) is 4.79 Å². The summed E-state index contributed by atoms with van der Waals surface area (Å²) >= 11 is 6.00. The molecule has 6 nitrogen and oxygen atoms in total. The second-order valence-electron chi connectivity index (χ2n) is 5.13. The summed E-state index contributed by atoms with van der Waals surface area (Å²) in [7, 11) is 0. The van der Waals surface area contributed by atoms with Crippen LogP contribution in [0.5, 0.6) is 5.88 Å². The lowest BCUT2D eigenvalue weighted by Gasteiger charge is -2.17. The molecule has 1 amide bonds. The summed E-state index contributed by atoms with van der Waals surface area (Å²) in [4.78, 5) is 22.5. The van der Waals surface area contributed by atoms with E-state index in [1.807, 2.05) is 19.1 Å². The molecular weight excluding hydrogens is 316 g/mol. The second kappa shape index (κ2) is 6.83. The number of halogens is 1. The minimum absolute atomic E-state index is 0.00355. The van der Waals surface area contributed by atoms with Crippen molar-refractivity contribution >= 4 is 29.0 Å². The molecule has 23 heavy (non-hydrogen) atoms. The van der Waals surface area contributed by atoms with E-state index in [2.05, 4.69) is 15.3 Å². The summed E-state index contributed by atoms with van der Waals surface area (Å²) in [6.45, 7) is 3.06. The van der Waals surface area contributed by atoms with Gasteiger partial charge in [-0.05, 0) is 31.5 Å². The van der Waals surface area contributed by atoms with Gasteiger partial charge in [0.1, 0.15) is 18.2 Å². The Morgan fingerprint density at radius 1 is 1.39 bits per heavy atom. The molecule has 1 aromatic carbocycles. The quantitative estimate of drug-likeness (QED) is 0.912. The number of nitrogens with zero attached hydrogens (tertiary/aromatic N) is 3. The van der Waals surface area contributed by atoms with Crippen LogP contribution < -0.4 is 15.0 Å². The summed E-state index contributed by atoms with van der Waals surface area (Å²) in [6, 6.07) is 8.67. The Hall–Kier alpha value is -2.34. The Bertz CT molecular complexity index is 710. The number of carbonyl (C=O) groups is 1. The van der Waals surface area contributed by atoms with Crippen molar-refractivity contribution in [1.29, 1.82) is 0 Å². The first-order valence-electron chi connectivity index (χ1n) is 7.45. The minimum atomic E-state index is -0.321. The highest BCUT2D eigenvalue weighted by Gasteiger charge is 2.32. The van der Waals surface area contributed by atoms with Gasteiger partial charge < -0.3 is 15.0 Å². The highest BCUT2D eigenvalue weighted by Crippen LogP contribution is 2.26. The average Bonchev–Trinajstić information content (AvgIpc) is 2.89. The van der Waals surface area contributed by atoms with Gasteiger partial charge in [-0.2, -0.15) is 0 Å². The van der Waals surface area contributed by atoms with E-state index in [1.54, 1.807) is 23.1 Å². The van der Waals surface area contributed by atoms with Crippen LogP contribution >= 0.6 is 11.6 Å². The fraction of sp³-hybridized carbons (Fsp3) is 0.312. The van der Waals surface area contributed by atoms with Crippen LogP contribution in [0.2, 0.25) is 5.02 Å². The molecule has 1 atom stereocenters. The van der Waals surface area contributed by atoms with Crippen molar-refractivity contribution in [2.75, 3.05) is 23.4 Å². The van der Waals surface area contributed by atoms with Crippen LogP contribution in [-0.4, -0.2) is 35.1 Å². The van der Waals surface area contributed by atoms with Crippen LogP contribution in [0, 0.1) is 0 Å². The molecule has 1 N–H and O–H groups in total. The smallest absolute Gasteiger partial charge is 0.249 e. The third-order valence-corrected chi connectivity index (χ3v) is 3.82. The summed E-state index contributed by atoms with van der Waals surface area (Å²) in [5, 5.41) is 3.76. The normalized spacial score (nSPS) is 17.4. The highest BCUT2D eigenvalue weighted by molar-refractivity contribution is 6.31. The van der Waals surface area contributed by atoms with Gasteiger partial charge in [0.05, 0.1) is 6.61 Å². The number of hydrogen-bond donors (Lipinski definition) is 1. The number of anilines is 2. The Morgan fingerprint density at radius 3 is 3.04 bits per heavy atom. The van der Waals surface area contributed by atoms with Crippen LogP contribution in [0.15, 0.2) is 36.7 Å². The van der Waals surface area contributed by atoms with Gasteiger partial charge >= 0.3 is 0 Å². The molecule has 2 aromatic rings. The second-order valence-corrected chi connectivity index (χ2v) is 5.57. The molecule has 0 bridgehead atoms. The third-order valence-electron chi connectivity index (χ3n) is 3.58. The van der Waals surface area contributed by atoms with Gasteiger partial charge in [0.15, 0.2) is 0 Å². The number of nitrogens with one attached hydrogen (secondary N) is 1. The molecule has 1 fully saturated rings. The van der Waals surface area contributed by atoms with Crippen LogP contribution in [-0.2, 0) is 4.79 Å². The summed E-state index contributed by atoms with van der Waals surface area (Å²) in [6.07, 6.45) is 2.11. The van der Waals surface area contributed by atoms with Crippen molar-refractivity contribution in [2.45, 2.75) is 19.4 Å². The molecule has 1 aromatic heterocycles. The minimum Gasteiger partial charge on any atom is -0.478 e. The number of benzene rings is 1. The third kappa shape index (κ3) is 3.53. The number of rotatable bonds is 5. The molecule has 120 valence electrons. The van der Waals surface area contributed by atoms with Gasteiger partial charge in [-0.25, -0.2) is 9.97 Å². The molecule has 1 unspecified atom stereocenters. The van der Waals surface area contributed by atoms with E-state index in [0.29, 0.717) is 36.3 Å². The standard InChI is InChI=1S/C16H17ClN4O2/c1-2-23-15-9-14(18-10-19-15)20-13-6-7-21(16(13)22)12-5-3-4-11(17)8-12/h3-5,8-10,13H,2,6-7H2,1H3,(H,18,19,20). The number of amides is 1. The molecule has 0 radical (unpaired) electrons. The van der Waals surface area contributed by atoms with Crippen LogP contribution in [0.4, 0.5) is 11.5 Å². The first-order chi connectivity index (χ1) is 11.2. The first-order valence-corrected chi connectivity index (χ1v) is 7.83. The van der Waals surface area contributed by atoms with Gasteiger partial charge in [0.2, 0.25) is 11.8 Å². The molecule has 0 saturated carbocycles. The zero-order valence-corrected chi connectivity index (χ0v) is 13.5. The molecular formula is C16H17ClN4O2. The average molecular weight is 333 g/mol. The first kappa shape index (κ1) is 15.6. The lowest BCUT2D eigenvalue weighted by Crippen LogP contribution is -2.33. The van der Waals surface area contributed by atoms with Crippen molar-refractivity contribution in [3.63, 3.8) is 0 Å². The fourth-order valence-electron chi connectivity index (χ4n) is 2.54. The summed E-state index contributed by atoms with van der Waals surface area (Å²) in [5.74, 6) is 1.07. The molecule has 1 aliphatic heterocycles. The molecule has 3 rings (SSSR count). The predicted octanol–water partition coefficient (Wildman–Crippen LogP) is 2.75. The zero-order chi connectivity index (χ0) is 16.2. The van der Waals surface area contributed by atoms with Crippen LogP contribution in [0.25, 0.3) is 0 Å². The lowest BCUT2D eigenvalue weighted by atomic mass is 10.2. The lowest BCUT2D eigenvalue weighted by molar-refractivity contribution is -0.117. The molecule has 0 spiro atoms. The SMILES string of the molecule is CCOc1cc(NC2CCN(c3cccc(Cl)c3)C2=O)ncn1. The van der Waals surface area contributed by atoms with E-state index in [-0.39, 0.29) is 11.9 Å². The van der Waals surface area contributed by atoms with Crippen molar-refractivity contribution in [3.05, 3.63) is 41.7 Å². The Balaban J connectivity index is 1.71. The van der Waals surface area contributed by atoms with Crippen molar-refractivity contribution in [1.82, 2.24) is 9.97 Å². The monoisotopic (exact) mass is 332 g/mol. The maximum absolute atomic E-state index is 12.6. The number of hydrogen-bond acceptors (Lipinski definition) is 5. The molecule has 1 saturated heterocycles. The maximum Gasteiger partial charge on any atom is 0.249 e. The molecule has 2 heterocycles. The largest absolute Gasteiger partial charge is 0.478 e. The van der Waals surface area contributed by atoms with E-state index < -0.39 is 0 Å². The van der Waals surface area contributed by atoms with Crippen molar-refractivity contribution in [3.8, 4) is 5.88 Å². The number of carbonyl (C=O) groups excluding carboxylic acids is 1. The molecule has 7 heteroatoms. The van der Waals surface area contributed by atoms with Crippen molar-refractivity contribution < 1.29 is 9.53 Å². The van der Waals surface area contributed by atoms with Gasteiger partial charge in [0.25, 0.3) is 0 Å². The van der Waals surface area contributed by atoms with E-state index in [1.165, 1.54) is 6.33 Å². The van der Waals surface area contributed by atoms with Gasteiger partial charge in [0, 0.05) is 23.3 Å². The van der Waals surface area contributed by atoms with Gasteiger partial charge in [-0.15, -0.1) is 0 Å². The number of ether oxygens (including phenoxy) is 1. The predicted molar refractivity (Wildman–Crippen MR) is 89.0 cm³/mol. The molecule has 1 aliphatic rings. The van der Waals surface area contributed by atoms with E-state index in [4.69, 9.17) is 16.3 Å². The zero-order valence-electron chi connectivity index (χ0n) is 12.7. The highest BCUT2D eigenvalue weighted by atomic mass is 35.5. The maximum atomic E-state index is 12.6. The molecule has 0 aliphatic carbocycles. The van der Waals surface area contributed by atoms with E-state index in [0.717, 1.165) is 5.69 Å². The van der Waals surface area contributed by atoms with Gasteiger partial charge in [-0.1, -0.05) is 17.7 Å². The van der Waals surface area contributed by atoms with E-state index in [9.17, 15) is 4.79 Å². The van der Waals surface area contributed by atoms with Crippen LogP contribution in [0.3, 0.4) is 0 Å². The van der Waals surface area contributed by atoms with E-state index >= 15 is 0 Å². The topological polar surface area (TPSA) is 67.3 Å². The summed E-state index contributed by atoms with van der Waals surface area (Å²) in [5.41, 5.74) is 0.810. The fourth-order valence-corrected chi connectivity index (χ4v) is 2.72.